The van der Waals surface area contributed by atoms with Crippen molar-refractivity contribution in [1.82, 2.24) is 0 Å². The van der Waals surface area contributed by atoms with E-state index in [-0.39, 0.29) is 5.78 Å². The number of unbranched alkanes of at least 4 members (excludes halogenated alkanes) is 12. The summed E-state index contributed by atoms with van der Waals surface area (Å²) in [4.78, 5) is 26.5. The van der Waals surface area contributed by atoms with E-state index >= 15 is 0 Å². The molecule has 0 radical (unpaired) electrons. The summed E-state index contributed by atoms with van der Waals surface area (Å²) in [5.74, 6) is -0.462. The van der Waals surface area contributed by atoms with Crippen LogP contribution in [0, 0.1) is 26.7 Å². The number of Topliss-reactive ketones (excluding diaryl/α,β-unsaturated/α-hetero) is 1. The van der Waals surface area contributed by atoms with Crippen LogP contribution in [0.25, 0.3) is 0 Å². The molecule has 1 aliphatic heterocycles. The first-order valence-electron chi connectivity index (χ1n) is 14.2. The summed E-state index contributed by atoms with van der Waals surface area (Å²) < 4.78 is 17.2. The summed E-state index contributed by atoms with van der Waals surface area (Å²) in [6.45, 7) is 9.94. The number of carbonyl (C=O) groups is 2. The highest BCUT2D eigenvalue weighted by atomic mass is 16.5. The Morgan fingerprint density at radius 1 is 0.806 bits per heavy atom. The second kappa shape index (κ2) is 14.6. The molecular weight excluding hydrogens is 452 g/mol. The third-order valence-corrected chi connectivity index (χ3v) is 8.06. The van der Waals surface area contributed by atoms with Crippen molar-refractivity contribution in [2.45, 2.75) is 130 Å². The van der Waals surface area contributed by atoms with E-state index in [1.165, 1.54) is 77.7 Å². The summed E-state index contributed by atoms with van der Waals surface area (Å²) in [6.07, 6.45) is 17.2. The zero-order valence-corrected chi connectivity index (χ0v) is 24.0. The van der Waals surface area contributed by atoms with Crippen molar-refractivity contribution in [3.05, 3.63) is 22.3 Å². The van der Waals surface area contributed by atoms with Crippen molar-refractivity contribution in [3.63, 3.8) is 0 Å². The summed E-state index contributed by atoms with van der Waals surface area (Å²) in [5, 5.41) is 0. The molecule has 0 spiro atoms. The molecule has 0 N–H and O–H groups in total. The number of fused-ring (bicyclic) bond motifs is 1. The lowest BCUT2D eigenvalue weighted by Crippen LogP contribution is -2.52. The Balaban J connectivity index is 1.93. The van der Waals surface area contributed by atoms with E-state index in [1.807, 2.05) is 27.7 Å². The van der Waals surface area contributed by atoms with Gasteiger partial charge in [0.15, 0.2) is 11.7 Å². The molecule has 36 heavy (non-hydrogen) atoms. The van der Waals surface area contributed by atoms with Gasteiger partial charge in [-0.1, -0.05) is 84.0 Å². The molecule has 2 rings (SSSR count). The van der Waals surface area contributed by atoms with E-state index in [1.54, 1.807) is 7.11 Å². The number of ether oxygens (including phenoxy) is 3. The fourth-order valence-corrected chi connectivity index (χ4v) is 5.70. The Labute approximate surface area is 219 Å². The molecular formula is C31H50O5. The zero-order chi connectivity index (χ0) is 26.7. The van der Waals surface area contributed by atoms with Gasteiger partial charge in [0.05, 0.1) is 19.8 Å². The van der Waals surface area contributed by atoms with Crippen LogP contribution in [0.3, 0.4) is 0 Å². The number of hydrogen-bond acceptors (Lipinski definition) is 5. The lowest BCUT2D eigenvalue weighted by Gasteiger charge is -2.41. The van der Waals surface area contributed by atoms with E-state index in [0.717, 1.165) is 29.5 Å². The summed E-state index contributed by atoms with van der Waals surface area (Å²) in [5.41, 5.74) is 2.10. The number of rotatable bonds is 16. The van der Waals surface area contributed by atoms with Gasteiger partial charge in [-0.3, -0.25) is 9.59 Å². The van der Waals surface area contributed by atoms with Crippen molar-refractivity contribution in [3.8, 4) is 11.5 Å². The van der Waals surface area contributed by atoms with Crippen LogP contribution in [-0.4, -0.2) is 31.6 Å². The first kappa shape index (κ1) is 30.2. The second-order valence-electron chi connectivity index (χ2n) is 10.8. The van der Waals surface area contributed by atoms with Crippen molar-refractivity contribution < 1.29 is 23.8 Å². The maximum Gasteiger partial charge on any atom is 0.320 e. The van der Waals surface area contributed by atoms with Crippen LogP contribution in [0.5, 0.6) is 11.5 Å². The van der Waals surface area contributed by atoms with Crippen molar-refractivity contribution in [2.75, 3.05) is 14.2 Å². The quantitative estimate of drug-likeness (QED) is 0.129. The standard InChI is InChI=1S/C31H50O5/c1-8-9-10-11-12-13-14-15-16-17-18-19-20-21-31(5)26(30(33)35-7)27(32)25-24(4)28(34-6)22(2)23(3)29(25)36-31/h26H,8-21H2,1-7H3. The van der Waals surface area contributed by atoms with Crippen LogP contribution < -0.4 is 9.47 Å². The average Bonchev–Trinajstić information content (AvgIpc) is 2.85. The molecule has 1 heterocycles. The number of ketones is 1. The Morgan fingerprint density at radius 2 is 1.31 bits per heavy atom. The molecule has 0 saturated heterocycles. The molecule has 0 bridgehead atoms. The number of esters is 1. The van der Waals surface area contributed by atoms with Gasteiger partial charge in [-0.25, -0.2) is 0 Å². The molecule has 0 fully saturated rings. The highest BCUT2D eigenvalue weighted by Gasteiger charge is 2.52. The summed E-state index contributed by atoms with van der Waals surface area (Å²) in [6, 6.07) is 0. The molecule has 0 amide bonds. The largest absolute Gasteiger partial charge is 0.496 e. The van der Waals surface area contributed by atoms with Crippen LogP contribution in [0.2, 0.25) is 0 Å². The monoisotopic (exact) mass is 502 g/mol. The molecule has 0 aliphatic carbocycles. The first-order valence-corrected chi connectivity index (χ1v) is 14.2. The predicted molar refractivity (Wildman–Crippen MR) is 146 cm³/mol. The highest BCUT2D eigenvalue weighted by Crippen LogP contribution is 2.47. The van der Waals surface area contributed by atoms with Gasteiger partial charge in [-0.05, 0) is 51.7 Å². The fraction of sp³-hybridized carbons (Fsp3) is 0.742. The molecule has 0 saturated carbocycles. The predicted octanol–water partition coefficient (Wildman–Crippen LogP) is 8.22. The van der Waals surface area contributed by atoms with E-state index in [2.05, 4.69) is 6.92 Å². The third kappa shape index (κ3) is 7.26. The molecule has 1 aromatic rings. The minimum Gasteiger partial charge on any atom is -0.496 e. The minimum atomic E-state index is -0.974. The molecule has 204 valence electrons. The Bertz CT molecular complexity index is 874. The molecule has 0 aromatic heterocycles. The summed E-state index contributed by atoms with van der Waals surface area (Å²) in [7, 11) is 2.94. The minimum absolute atomic E-state index is 0.223. The number of benzene rings is 1. The van der Waals surface area contributed by atoms with E-state index < -0.39 is 17.5 Å². The fourth-order valence-electron chi connectivity index (χ4n) is 5.70. The maximum atomic E-state index is 13.7. The van der Waals surface area contributed by atoms with Crippen molar-refractivity contribution in [1.29, 1.82) is 0 Å². The van der Waals surface area contributed by atoms with Crippen molar-refractivity contribution in [2.24, 2.45) is 5.92 Å². The molecule has 2 unspecified atom stereocenters. The van der Waals surface area contributed by atoms with Gasteiger partial charge in [0.1, 0.15) is 17.1 Å². The van der Waals surface area contributed by atoms with Gasteiger partial charge in [0, 0.05) is 5.56 Å². The third-order valence-electron chi connectivity index (χ3n) is 8.06. The van der Waals surface area contributed by atoms with Gasteiger partial charge in [-0.2, -0.15) is 0 Å². The molecule has 1 aromatic carbocycles. The van der Waals surface area contributed by atoms with Crippen molar-refractivity contribution >= 4 is 11.8 Å². The van der Waals surface area contributed by atoms with E-state index in [9.17, 15) is 9.59 Å². The zero-order valence-electron chi connectivity index (χ0n) is 24.0. The van der Waals surface area contributed by atoms with Crippen LogP contribution in [0.15, 0.2) is 0 Å². The van der Waals surface area contributed by atoms with Crippen LogP contribution in [-0.2, 0) is 9.53 Å². The number of hydrogen-bond donors (Lipinski definition) is 0. The molecule has 2 atom stereocenters. The van der Waals surface area contributed by atoms with Crippen LogP contribution in [0.1, 0.15) is 131 Å². The first-order chi connectivity index (χ1) is 17.2. The topological polar surface area (TPSA) is 61.8 Å². The SMILES string of the molecule is CCCCCCCCCCCCCCCC1(C)Oc2c(C)c(C)c(OC)c(C)c2C(=O)C1C(=O)OC. The average molecular weight is 503 g/mol. The van der Waals surface area contributed by atoms with Crippen LogP contribution in [0.4, 0.5) is 0 Å². The summed E-state index contributed by atoms with van der Waals surface area (Å²) >= 11 is 0. The second-order valence-corrected chi connectivity index (χ2v) is 10.8. The number of carbonyl (C=O) groups excluding carboxylic acids is 2. The van der Waals surface area contributed by atoms with Crippen LogP contribution >= 0.6 is 0 Å². The lowest BCUT2D eigenvalue weighted by molar-refractivity contribution is -0.151. The van der Waals surface area contributed by atoms with Gasteiger partial charge in [-0.15, -0.1) is 0 Å². The van der Waals surface area contributed by atoms with E-state index in [0.29, 0.717) is 23.5 Å². The van der Waals surface area contributed by atoms with Gasteiger partial charge >= 0.3 is 5.97 Å². The van der Waals surface area contributed by atoms with E-state index in [4.69, 9.17) is 14.2 Å². The molecule has 5 nitrogen and oxygen atoms in total. The Hall–Kier alpha value is -2.04. The Morgan fingerprint density at radius 3 is 1.78 bits per heavy atom. The van der Waals surface area contributed by atoms with Gasteiger partial charge < -0.3 is 14.2 Å². The lowest BCUT2D eigenvalue weighted by atomic mass is 9.75. The molecule has 5 heteroatoms. The van der Waals surface area contributed by atoms with Gasteiger partial charge in [0.25, 0.3) is 0 Å². The Kier molecular flexibility index (Phi) is 12.3. The van der Waals surface area contributed by atoms with Gasteiger partial charge in [0.2, 0.25) is 0 Å². The smallest absolute Gasteiger partial charge is 0.320 e. The number of methoxy groups -OCH3 is 2. The molecule has 1 aliphatic rings. The highest BCUT2D eigenvalue weighted by molar-refractivity contribution is 6.13. The maximum absolute atomic E-state index is 13.7. The normalized spacial score (nSPS) is 19.1.